The van der Waals surface area contributed by atoms with Crippen molar-refractivity contribution in [2.24, 2.45) is 11.5 Å². The minimum Gasteiger partial charge on any atom is -0.313 e. The van der Waals surface area contributed by atoms with Crippen LogP contribution in [0, 0.1) is 0 Å². The second-order valence-corrected chi connectivity index (χ2v) is 2.77. The van der Waals surface area contributed by atoms with Gasteiger partial charge in [-0.3, -0.25) is 4.79 Å². The van der Waals surface area contributed by atoms with Crippen molar-refractivity contribution in [1.82, 2.24) is 0 Å². The van der Waals surface area contributed by atoms with Crippen LogP contribution in [0.25, 0.3) is 0 Å². The van der Waals surface area contributed by atoms with E-state index in [1.165, 1.54) is 0 Å². The molecule has 0 amide bonds. The van der Waals surface area contributed by atoms with Crippen LogP contribution in [0.5, 0.6) is 0 Å². The van der Waals surface area contributed by atoms with Gasteiger partial charge in [-0.1, -0.05) is 0 Å². The average Bonchev–Trinajstić information content (AvgIpc) is 1.78. The van der Waals surface area contributed by atoms with Crippen LogP contribution in [0.1, 0.15) is 25.7 Å². The summed E-state index contributed by atoms with van der Waals surface area (Å²) in [6, 6.07) is 0. The van der Waals surface area contributed by atoms with E-state index in [2.05, 4.69) is 0 Å². The summed E-state index contributed by atoms with van der Waals surface area (Å²) in [7, 11) is 0. The largest absolute Gasteiger partial charge is 0.313 e. The second-order valence-electron chi connectivity index (χ2n) is 2.77. The maximum atomic E-state index is 10.6. The molecule has 1 aliphatic rings. The third-order valence-corrected chi connectivity index (χ3v) is 1.74. The van der Waals surface area contributed by atoms with Crippen LogP contribution >= 0.6 is 0 Å². The van der Waals surface area contributed by atoms with Crippen LogP contribution in [0.4, 0.5) is 0 Å². The summed E-state index contributed by atoms with van der Waals surface area (Å²) in [5, 5.41) is 0. The molecule has 1 fully saturated rings. The number of Topliss-reactive ketones (excluding diaryl/α,β-unsaturated/α-hetero) is 1. The maximum Gasteiger partial charge on any atom is 0.133 e. The molecule has 0 unspecified atom stereocenters. The Morgan fingerprint density at radius 2 is 1.67 bits per heavy atom. The highest BCUT2D eigenvalue weighted by Gasteiger charge is 2.25. The van der Waals surface area contributed by atoms with Gasteiger partial charge in [-0.15, -0.1) is 0 Å². The minimum absolute atomic E-state index is 0.293. The smallest absolute Gasteiger partial charge is 0.133 e. The lowest BCUT2D eigenvalue weighted by molar-refractivity contribution is -0.121. The van der Waals surface area contributed by atoms with Gasteiger partial charge in [0.15, 0.2) is 0 Å². The van der Waals surface area contributed by atoms with Crippen molar-refractivity contribution in [1.29, 1.82) is 0 Å². The zero-order chi connectivity index (χ0) is 6.91. The number of carbonyl (C=O) groups is 1. The van der Waals surface area contributed by atoms with Gasteiger partial charge in [0.05, 0.1) is 5.66 Å². The minimum atomic E-state index is -0.562. The fraction of sp³-hybridized carbons (Fsp3) is 0.833. The molecule has 0 spiro atoms. The SMILES string of the molecule is NC1(N)CCC(=O)CC1. The van der Waals surface area contributed by atoms with Crippen molar-refractivity contribution in [3.8, 4) is 0 Å². The van der Waals surface area contributed by atoms with E-state index in [1.54, 1.807) is 0 Å². The zero-order valence-corrected chi connectivity index (χ0v) is 5.39. The molecule has 0 heterocycles. The van der Waals surface area contributed by atoms with E-state index in [0.29, 0.717) is 31.5 Å². The zero-order valence-electron chi connectivity index (χ0n) is 5.39. The highest BCUT2D eigenvalue weighted by molar-refractivity contribution is 5.79. The highest BCUT2D eigenvalue weighted by Crippen LogP contribution is 2.18. The molecule has 0 aromatic rings. The van der Waals surface area contributed by atoms with Crippen molar-refractivity contribution >= 4 is 5.78 Å². The van der Waals surface area contributed by atoms with Gasteiger partial charge in [-0.25, -0.2) is 0 Å². The number of rotatable bonds is 0. The molecule has 0 saturated heterocycles. The Bertz CT molecular complexity index is 119. The van der Waals surface area contributed by atoms with Crippen molar-refractivity contribution < 1.29 is 4.79 Å². The van der Waals surface area contributed by atoms with Crippen LogP contribution in [0.15, 0.2) is 0 Å². The third-order valence-electron chi connectivity index (χ3n) is 1.74. The predicted octanol–water partition coefficient (Wildman–Crippen LogP) is -0.257. The summed E-state index contributed by atoms with van der Waals surface area (Å²) in [6.07, 6.45) is 2.41. The monoisotopic (exact) mass is 128 g/mol. The first-order valence-corrected chi connectivity index (χ1v) is 3.20. The summed E-state index contributed by atoms with van der Waals surface area (Å²) in [6.45, 7) is 0. The predicted molar refractivity (Wildman–Crippen MR) is 34.6 cm³/mol. The van der Waals surface area contributed by atoms with Gasteiger partial charge in [-0.2, -0.15) is 0 Å². The molecule has 4 N–H and O–H groups in total. The lowest BCUT2D eigenvalue weighted by atomic mass is 9.90. The van der Waals surface area contributed by atoms with Gasteiger partial charge in [0.2, 0.25) is 0 Å². The number of hydrogen-bond acceptors (Lipinski definition) is 3. The summed E-state index contributed by atoms with van der Waals surface area (Å²) >= 11 is 0. The Balaban J connectivity index is 2.44. The van der Waals surface area contributed by atoms with Gasteiger partial charge in [0, 0.05) is 12.8 Å². The first kappa shape index (κ1) is 6.71. The topological polar surface area (TPSA) is 69.1 Å². The van der Waals surface area contributed by atoms with Gasteiger partial charge < -0.3 is 11.5 Å². The molecule has 1 aliphatic carbocycles. The Morgan fingerprint density at radius 3 is 2.00 bits per heavy atom. The molecule has 1 rings (SSSR count). The molecule has 52 valence electrons. The fourth-order valence-corrected chi connectivity index (χ4v) is 0.994. The van der Waals surface area contributed by atoms with Crippen LogP contribution in [0.2, 0.25) is 0 Å². The van der Waals surface area contributed by atoms with Gasteiger partial charge in [0.25, 0.3) is 0 Å². The molecule has 0 bridgehead atoms. The quantitative estimate of drug-likeness (QED) is 0.442. The van der Waals surface area contributed by atoms with E-state index in [1.807, 2.05) is 0 Å². The fourth-order valence-electron chi connectivity index (χ4n) is 0.994. The van der Waals surface area contributed by atoms with Crippen molar-refractivity contribution in [2.45, 2.75) is 31.3 Å². The Kier molecular flexibility index (Phi) is 1.55. The summed E-state index contributed by atoms with van der Waals surface area (Å²) in [5.74, 6) is 0.293. The van der Waals surface area contributed by atoms with Crippen LogP contribution < -0.4 is 11.5 Å². The highest BCUT2D eigenvalue weighted by atomic mass is 16.1. The number of hydrogen-bond donors (Lipinski definition) is 2. The number of ketones is 1. The van der Waals surface area contributed by atoms with Crippen molar-refractivity contribution in [3.63, 3.8) is 0 Å². The Hall–Kier alpha value is -0.410. The van der Waals surface area contributed by atoms with Gasteiger partial charge in [-0.05, 0) is 12.8 Å². The third kappa shape index (κ3) is 1.77. The summed E-state index contributed by atoms with van der Waals surface area (Å²) < 4.78 is 0. The van der Waals surface area contributed by atoms with Crippen LogP contribution in [-0.2, 0) is 4.79 Å². The normalized spacial score (nSPS) is 26.2. The maximum absolute atomic E-state index is 10.6. The molecule has 9 heavy (non-hydrogen) atoms. The molecule has 0 atom stereocenters. The van der Waals surface area contributed by atoms with E-state index < -0.39 is 5.66 Å². The molecule has 3 nitrogen and oxygen atoms in total. The summed E-state index contributed by atoms with van der Waals surface area (Å²) in [4.78, 5) is 10.6. The first-order chi connectivity index (χ1) is 4.10. The molecule has 3 heteroatoms. The first-order valence-electron chi connectivity index (χ1n) is 3.20. The van der Waals surface area contributed by atoms with E-state index in [9.17, 15) is 4.79 Å². The van der Waals surface area contributed by atoms with E-state index in [4.69, 9.17) is 11.5 Å². The molecule has 1 saturated carbocycles. The van der Waals surface area contributed by atoms with E-state index in [-0.39, 0.29) is 0 Å². The number of carbonyl (C=O) groups excluding carboxylic acids is 1. The molecular weight excluding hydrogens is 116 g/mol. The molecular formula is C6H12N2O. The Morgan fingerprint density at radius 1 is 1.22 bits per heavy atom. The summed E-state index contributed by atoms with van der Waals surface area (Å²) in [5.41, 5.74) is 10.6. The van der Waals surface area contributed by atoms with Crippen molar-refractivity contribution in [3.05, 3.63) is 0 Å². The van der Waals surface area contributed by atoms with E-state index >= 15 is 0 Å². The standard InChI is InChI=1S/C6H12N2O/c7-6(8)3-1-5(9)2-4-6/h1-4,7-8H2. The average molecular weight is 128 g/mol. The second kappa shape index (κ2) is 2.08. The molecule has 0 aliphatic heterocycles. The van der Waals surface area contributed by atoms with Crippen LogP contribution in [0.3, 0.4) is 0 Å². The number of nitrogens with two attached hydrogens (primary N) is 2. The van der Waals surface area contributed by atoms with Gasteiger partial charge >= 0.3 is 0 Å². The van der Waals surface area contributed by atoms with Gasteiger partial charge in [0.1, 0.15) is 5.78 Å². The van der Waals surface area contributed by atoms with Crippen molar-refractivity contribution in [2.75, 3.05) is 0 Å². The molecule has 0 aromatic heterocycles. The van der Waals surface area contributed by atoms with E-state index in [0.717, 1.165) is 0 Å². The molecule has 0 aromatic carbocycles. The lowest BCUT2D eigenvalue weighted by Crippen LogP contribution is -2.51. The lowest BCUT2D eigenvalue weighted by Gasteiger charge is -2.27. The Labute approximate surface area is 54.4 Å². The molecule has 0 radical (unpaired) electrons. The van der Waals surface area contributed by atoms with Crippen LogP contribution in [-0.4, -0.2) is 11.4 Å².